The Kier molecular flexibility index (Phi) is 2.48. The topological polar surface area (TPSA) is 55.4 Å². The van der Waals surface area contributed by atoms with Crippen LogP contribution < -0.4 is 10.1 Å². The summed E-state index contributed by atoms with van der Waals surface area (Å²) in [6, 6.07) is 4.97. The number of fused-ring (bicyclic) bond motifs is 1. The number of carbonyl (C=O) groups excluding carboxylic acids is 2. The maximum absolute atomic E-state index is 11.7. The van der Waals surface area contributed by atoms with Crippen LogP contribution in [0.4, 0.5) is 5.69 Å². The Morgan fingerprint density at radius 2 is 2.13 bits per heavy atom. The normalized spacial score (nSPS) is 19.5. The van der Waals surface area contributed by atoms with E-state index in [1.54, 1.807) is 18.2 Å². The Labute approximate surface area is 94.7 Å². The van der Waals surface area contributed by atoms with Crippen molar-refractivity contribution >= 4 is 33.3 Å². The SMILES string of the molecule is COc1ccc2c(c1)C(=O)C(Br)C(=O)N2. The van der Waals surface area contributed by atoms with Crippen molar-refractivity contribution in [1.82, 2.24) is 0 Å². The first-order chi connectivity index (χ1) is 7.13. The van der Waals surface area contributed by atoms with Crippen molar-refractivity contribution in [3.05, 3.63) is 23.8 Å². The average Bonchev–Trinajstić information content (AvgIpc) is 2.26. The Balaban J connectivity index is 2.51. The maximum atomic E-state index is 11.7. The lowest BCUT2D eigenvalue weighted by Gasteiger charge is -2.19. The van der Waals surface area contributed by atoms with Gasteiger partial charge in [-0.15, -0.1) is 0 Å². The fourth-order valence-corrected chi connectivity index (χ4v) is 1.78. The largest absolute Gasteiger partial charge is 0.497 e. The number of ketones is 1. The van der Waals surface area contributed by atoms with Gasteiger partial charge in [0.05, 0.1) is 12.8 Å². The fourth-order valence-electron chi connectivity index (χ4n) is 1.41. The quantitative estimate of drug-likeness (QED) is 0.622. The molecule has 1 atom stereocenters. The molecule has 0 saturated carbocycles. The van der Waals surface area contributed by atoms with Crippen LogP contribution in [0.15, 0.2) is 18.2 Å². The summed E-state index contributed by atoms with van der Waals surface area (Å²) in [5.41, 5.74) is 0.998. The van der Waals surface area contributed by atoms with Gasteiger partial charge in [-0.25, -0.2) is 0 Å². The summed E-state index contributed by atoms with van der Waals surface area (Å²) in [5, 5.41) is 2.63. The van der Waals surface area contributed by atoms with E-state index in [2.05, 4.69) is 21.2 Å². The molecule has 0 fully saturated rings. The number of methoxy groups -OCH3 is 1. The van der Waals surface area contributed by atoms with Crippen LogP contribution in [-0.4, -0.2) is 23.6 Å². The summed E-state index contributed by atoms with van der Waals surface area (Å²) in [5.74, 6) is 0.0169. The first-order valence-corrected chi connectivity index (χ1v) is 5.22. The molecule has 0 aliphatic carbocycles. The number of rotatable bonds is 1. The van der Waals surface area contributed by atoms with Gasteiger partial charge in [-0.05, 0) is 18.2 Å². The smallest absolute Gasteiger partial charge is 0.246 e. The number of hydrogen-bond donors (Lipinski definition) is 1. The molecule has 0 bridgehead atoms. The predicted molar refractivity (Wildman–Crippen MR) is 58.7 cm³/mol. The van der Waals surface area contributed by atoms with Crippen molar-refractivity contribution in [3.63, 3.8) is 0 Å². The molecule has 78 valence electrons. The van der Waals surface area contributed by atoms with E-state index in [0.717, 1.165) is 0 Å². The van der Waals surface area contributed by atoms with Crippen LogP contribution in [0.5, 0.6) is 5.75 Å². The van der Waals surface area contributed by atoms with Gasteiger partial charge in [-0.2, -0.15) is 0 Å². The van der Waals surface area contributed by atoms with Crippen LogP contribution >= 0.6 is 15.9 Å². The molecule has 1 aromatic rings. The van der Waals surface area contributed by atoms with Crippen molar-refractivity contribution in [2.75, 3.05) is 12.4 Å². The standard InChI is InChI=1S/C10H8BrNO3/c1-15-5-2-3-7-6(4-5)9(13)8(11)10(14)12-7/h2-4,8H,1H3,(H,12,14). The summed E-state index contributed by atoms with van der Waals surface area (Å²) in [6.45, 7) is 0. The van der Waals surface area contributed by atoms with Crippen molar-refractivity contribution in [2.24, 2.45) is 0 Å². The van der Waals surface area contributed by atoms with Gasteiger partial charge in [0.1, 0.15) is 5.75 Å². The molecule has 1 aliphatic rings. The highest BCUT2D eigenvalue weighted by Gasteiger charge is 2.32. The van der Waals surface area contributed by atoms with Crippen molar-refractivity contribution in [1.29, 1.82) is 0 Å². The van der Waals surface area contributed by atoms with Gasteiger partial charge in [0.25, 0.3) is 0 Å². The molecule has 1 N–H and O–H groups in total. The number of ether oxygens (including phenoxy) is 1. The van der Waals surface area contributed by atoms with E-state index >= 15 is 0 Å². The second-order valence-electron chi connectivity index (χ2n) is 3.13. The van der Waals surface area contributed by atoms with E-state index in [1.165, 1.54) is 7.11 Å². The van der Waals surface area contributed by atoms with E-state index < -0.39 is 4.83 Å². The highest BCUT2D eigenvalue weighted by atomic mass is 79.9. The Morgan fingerprint density at radius 3 is 2.80 bits per heavy atom. The van der Waals surface area contributed by atoms with Gasteiger partial charge >= 0.3 is 0 Å². The zero-order valence-electron chi connectivity index (χ0n) is 7.91. The molecule has 0 aromatic heterocycles. The monoisotopic (exact) mass is 269 g/mol. The number of benzene rings is 1. The van der Waals surface area contributed by atoms with Crippen LogP contribution in [0.25, 0.3) is 0 Å². The van der Waals surface area contributed by atoms with E-state index in [4.69, 9.17) is 4.74 Å². The summed E-state index contributed by atoms with van der Waals surface area (Å²) >= 11 is 3.03. The Hall–Kier alpha value is -1.36. The zero-order valence-corrected chi connectivity index (χ0v) is 9.50. The number of carbonyl (C=O) groups is 2. The van der Waals surface area contributed by atoms with Gasteiger partial charge < -0.3 is 10.1 Å². The highest BCUT2D eigenvalue weighted by molar-refractivity contribution is 9.10. The average molecular weight is 270 g/mol. The summed E-state index contributed by atoms with van der Waals surface area (Å²) in [7, 11) is 1.53. The molecule has 1 unspecified atom stereocenters. The van der Waals surface area contributed by atoms with Crippen molar-refractivity contribution in [2.45, 2.75) is 4.83 Å². The van der Waals surface area contributed by atoms with Crippen LogP contribution in [0.2, 0.25) is 0 Å². The molecule has 1 amide bonds. The number of alkyl halides is 1. The lowest BCUT2D eigenvalue weighted by atomic mass is 10.0. The molecular weight excluding hydrogens is 262 g/mol. The molecule has 2 rings (SSSR count). The molecule has 0 saturated heterocycles. The van der Waals surface area contributed by atoms with Crippen LogP contribution in [-0.2, 0) is 4.79 Å². The van der Waals surface area contributed by atoms with Crippen molar-refractivity contribution in [3.8, 4) is 5.75 Å². The van der Waals surface area contributed by atoms with E-state index in [0.29, 0.717) is 17.0 Å². The number of hydrogen-bond acceptors (Lipinski definition) is 3. The molecule has 1 aromatic carbocycles. The first kappa shape index (κ1) is 10.2. The van der Waals surface area contributed by atoms with Crippen molar-refractivity contribution < 1.29 is 14.3 Å². The lowest BCUT2D eigenvalue weighted by Crippen LogP contribution is -2.35. The Bertz CT molecular complexity index is 444. The molecule has 1 aliphatic heterocycles. The number of anilines is 1. The number of nitrogens with one attached hydrogen (secondary N) is 1. The van der Waals surface area contributed by atoms with Gasteiger partial charge in [-0.1, -0.05) is 15.9 Å². The molecule has 4 nitrogen and oxygen atoms in total. The summed E-state index contributed by atoms with van der Waals surface area (Å²) in [6.07, 6.45) is 0. The number of Topliss-reactive ketones (excluding diaryl/α,β-unsaturated/α-hetero) is 1. The fraction of sp³-hybridized carbons (Fsp3) is 0.200. The minimum absolute atomic E-state index is 0.243. The van der Waals surface area contributed by atoms with E-state index in [1.807, 2.05) is 0 Å². The third-order valence-corrected chi connectivity index (χ3v) is 3.04. The van der Waals surface area contributed by atoms with Crippen LogP contribution in [0.3, 0.4) is 0 Å². The van der Waals surface area contributed by atoms with E-state index in [9.17, 15) is 9.59 Å². The second-order valence-corrected chi connectivity index (χ2v) is 4.04. The minimum atomic E-state index is -0.808. The molecule has 5 heteroatoms. The van der Waals surface area contributed by atoms with Gasteiger partial charge in [0.2, 0.25) is 5.91 Å². The highest BCUT2D eigenvalue weighted by Crippen LogP contribution is 2.28. The molecule has 1 heterocycles. The van der Waals surface area contributed by atoms with E-state index in [-0.39, 0.29) is 11.7 Å². The summed E-state index contributed by atoms with van der Waals surface area (Å²) in [4.78, 5) is 22.2. The number of halogens is 1. The second kappa shape index (κ2) is 3.66. The van der Waals surface area contributed by atoms with Gasteiger partial charge in [-0.3, -0.25) is 9.59 Å². The first-order valence-electron chi connectivity index (χ1n) is 4.30. The molecular formula is C10H8BrNO3. The molecule has 15 heavy (non-hydrogen) atoms. The molecule has 0 radical (unpaired) electrons. The lowest BCUT2D eigenvalue weighted by molar-refractivity contribution is -0.115. The molecule has 0 spiro atoms. The zero-order chi connectivity index (χ0) is 11.0. The van der Waals surface area contributed by atoms with Gasteiger partial charge in [0, 0.05) is 5.56 Å². The van der Waals surface area contributed by atoms with Crippen LogP contribution in [0, 0.1) is 0 Å². The third-order valence-electron chi connectivity index (χ3n) is 2.21. The third kappa shape index (κ3) is 1.63. The Morgan fingerprint density at radius 1 is 1.40 bits per heavy atom. The maximum Gasteiger partial charge on any atom is 0.246 e. The predicted octanol–water partition coefficient (Wildman–Crippen LogP) is 1.59. The minimum Gasteiger partial charge on any atom is -0.497 e. The van der Waals surface area contributed by atoms with Gasteiger partial charge in [0.15, 0.2) is 10.6 Å². The van der Waals surface area contributed by atoms with Crippen LogP contribution in [0.1, 0.15) is 10.4 Å². The summed E-state index contributed by atoms with van der Waals surface area (Å²) < 4.78 is 5.01. The number of amides is 1.